The van der Waals surface area contributed by atoms with Gasteiger partial charge in [0.15, 0.2) is 0 Å². The van der Waals surface area contributed by atoms with Crippen molar-refractivity contribution >= 4 is 22.6 Å². The van der Waals surface area contributed by atoms with Gasteiger partial charge in [-0.3, -0.25) is 0 Å². The van der Waals surface area contributed by atoms with Crippen LogP contribution < -0.4 is 5.73 Å². The molecule has 1 heterocycles. The van der Waals surface area contributed by atoms with Gasteiger partial charge >= 0.3 is 0 Å². The maximum absolute atomic E-state index is 6.01. The van der Waals surface area contributed by atoms with Crippen LogP contribution in [-0.4, -0.2) is 16.1 Å². The van der Waals surface area contributed by atoms with Crippen molar-refractivity contribution in [2.24, 2.45) is 12.8 Å². The molecule has 1 aromatic heterocycles. The molecular formula is C14H20ClN3. The molecule has 18 heavy (non-hydrogen) atoms. The first-order chi connectivity index (χ1) is 8.72. The van der Waals surface area contributed by atoms with E-state index in [9.17, 15) is 0 Å². The molecule has 3 nitrogen and oxygen atoms in total. The van der Waals surface area contributed by atoms with E-state index in [1.54, 1.807) is 0 Å². The Kier molecular flexibility index (Phi) is 4.61. The minimum atomic E-state index is 0.764. The van der Waals surface area contributed by atoms with Crippen molar-refractivity contribution in [3.63, 3.8) is 0 Å². The van der Waals surface area contributed by atoms with E-state index in [1.165, 1.54) is 19.3 Å². The second-order valence-corrected chi connectivity index (χ2v) is 5.11. The number of unbranched alkanes of at least 4 members (excludes halogenated alkanes) is 3. The van der Waals surface area contributed by atoms with E-state index < -0.39 is 0 Å². The lowest BCUT2D eigenvalue weighted by molar-refractivity contribution is 0.627. The van der Waals surface area contributed by atoms with Crippen LogP contribution in [0.5, 0.6) is 0 Å². The van der Waals surface area contributed by atoms with E-state index in [0.717, 1.165) is 41.3 Å². The molecule has 1 aromatic carbocycles. The molecule has 0 saturated heterocycles. The van der Waals surface area contributed by atoms with Crippen molar-refractivity contribution in [2.45, 2.75) is 32.1 Å². The molecule has 2 N–H and O–H groups in total. The Labute approximate surface area is 113 Å². The second-order valence-electron chi connectivity index (χ2n) is 4.67. The van der Waals surface area contributed by atoms with Crippen molar-refractivity contribution < 1.29 is 0 Å². The van der Waals surface area contributed by atoms with Crippen molar-refractivity contribution in [1.29, 1.82) is 0 Å². The van der Waals surface area contributed by atoms with Gasteiger partial charge in [0, 0.05) is 18.5 Å². The number of aryl methyl sites for hydroxylation is 2. The zero-order valence-electron chi connectivity index (χ0n) is 10.8. The third-order valence-corrected chi connectivity index (χ3v) is 3.53. The number of rotatable bonds is 6. The Morgan fingerprint density at radius 2 is 2.00 bits per heavy atom. The van der Waals surface area contributed by atoms with Crippen LogP contribution in [0.2, 0.25) is 5.02 Å². The van der Waals surface area contributed by atoms with Crippen LogP contribution >= 0.6 is 11.6 Å². The molecule has 0 unspecified atom stereocenters. The number of benzene rings is 1. The Balaban J connectivity index is 2.03. The Bertz CT molecular complexity index is 519. The normalized spacial score (nSPS) is 11.3. The molecule has 2 rings (SSSR count). The SMILES string of the molecule is Cn1c(CCCCCCN)nc2ccc(Cl)cc21. The van der Waals surface area contributed by atoms with E-state index in [2.05, 4.69) is 16.6 Å². The standard InChI is InChI=1S/C14H20ClN3/c1-18-13-10-11(15)7-8-12(13)17-14(18)6-4-2-3-5-9-16/h7-8,10H,2-6,9,16H2,1H3. The summed E-state index contributed by atoms with van der Waals surface area (Å²) in [5.41, 5.74) is 7.62. The van der Waals surface area contributed by atoms with Crippen molar-refractivity contribution in [1.82, 2.24) is 9.55 Å². The van der Waals surface area contributed by atoms with Crippen LogP contribution in [0.15, 0.2) is 18.2 Å². The molecule has 0 fully saturated rings. The summed E-state index contributed by atoms with van der Waals surface area (Å²) in [6.07, 6.45) is 5.75. The lowest BCUT2D eigenvalue weighted by Crippen LogP contribution is -2.00. The predicted molar refractivity (Wildman–Crippen MR) is 77.0 cm³/mol. The summed E-state index contributed by atoms with van der Waals surface area (Å²) in [7, 11) is 2.06. The average Bonchev–Trinajstić information content (AvgIpc) is 2.67. The van der Waals surface area contributed by atoms with Crippen molar-refractivity contribution in [3.8, 4) is 0 Å². The topological polar surface area (TPSA) is 43.8 Å². The van der Waals surface area contributed by atoms with Crippen LogP contribution in [0.25, 0.3) is 11.0 Å². The summed E-state index contributed by atoms with van der Waals surface area (Å²) in [6.45, 7) is 0.796. The van der Waals surface area contributed by atoms with E-state index in [1.807, 2.05) is 18.2 Å². The molecule has 0 aliphatic heterocycles. The number of imidazole rings is 1. The largest absolute Gasteiger partial charge is 0.331 e. The third-order valence-electron chi connectivity index (χ3n) is 3.29. The number of nitrogens with zero attached hydrogens (tertiary/aromatic N) is 2. The van der Waals surface area contributed by atoms with Gasteiger partial charge in [-0.25, -0.2) is 4.98 Å². The molecule has 0 saturated carbocycles. The molecule has 2 aromatic rings. The number of hydrogen-bond donors (Lipinski definition) is 1. The molecule has 0 spiro atoms. The Morgan fingerprint density at radius 3 is 2.78 bits per heavy atom. The van der Waals surface area contributed by atoms with Crippen molar-refractivity contribution in [2.75, 3.05) is 6.54 Å². The fourth-order valence-corrected chi connectivity index (χ4v) is 2.38. The lowest BCUT2D eigenvalue weighted by atomic mass is 10.1. The van der Waals surface area contributed by atoms with Crippen molar-refractivity contribution in [3.05, 3.63) is 29.0 Å². The van der Waals surface area contributed by atoms with Gasteiger partial charge in [-0.1, -0.05) is 24.4 Å². The predicted octanol–water partition coefficient (Wildman–Crippen LogP) is 3.29. The number of hydrogen-bond acceptors (Lipinski definition) is 2. The molecule has 0 bridgehead atoms. The third kappa shape index (κ3) is 3.03. The van der Waals surface area contributed by atoms with Gasteiger partial charge in [-0.05, 0) is 37.6 Å². The smallest absolute Gasteiger partial charge is 0.109 e. The molecule has 0 aliphatic rings. The average molecular weight is 266 g/mol. The van der Waals surface area contributed by atoms with Gasteiger partial charge in [0.25, 0.3) is 0 Å². The number of nitrogens with two attached hydrogens (primary N) is 1. The molecule has 4 heteroatoms. The maximum atomic E-state index is 6.01. The first-order valence-corrected chi connectivity index (χ1v) is 6.91. The highest BCUT2D eigenvalue weighted by Gasteiger charge is 2.07. The van der Waals surface area contributed by atoms with Gasteiger partial charge < -0.3 is 10.3 Å². The van der Waals surface area contributed by atoms with Gasteiger partial charge in [0.2, 0.25) is 0 Å². The fraction of sp³-hybridized carbons (Fsp3) is 0.500. The number of fused-ring (bicyclic) bond motifs is 1. The van der Waals surface area contributed by atoms with Gasteiger partial charge in [0.1, 0.15) is 5.82 Å². The summed E-state index contributed by atoms with van der Waals surface area (Å²) < 4.78 is 2.14. The van der Waals surface area contributed by atoms with Gasteiger partial charge in [-0.15, -0.1) is 0 Å². The first-order valence-electron chi connectivity index (χ1n) is 6.53. The highest BCUT2D eigenvalue weighted by molar-refractivity contribution is 6.31. The molecule has 0 amide bonds. The van der Waals surface area contributed by atoms with Crippen LogP contribution in [0.4, 0.5) is 0 Å². The molecule has 0 aliphatic carbocycles. The number of halogens is 1. The Hall–Kier alpha value is -1.06. The van der Waals surface area contributed by atoms with E-state index in [0.29, 0.717) is 0 Å². The summed E-state index contributed by atoms with van der Waals surface area (Å²) in [6, 6.07) is 5.85. The lowest BCUT2D eigenvalue weighted by Gasteiger charge is -2.02. The summed E-state index contributed by atoms with van der Waals surface area (Å²) >= 11 is 6.01. The fourth-order valence-electron chi connectivity index (χ4n) is 2.22. The minimum absolute atomic E-state index is 0.764. The molecule has 0 atom stereocenters. The van der Waals surface area contributed by atoms with Crippen LogP contribution in [-0.2, 0) is 13.5 Å². The summed E-state index contributed by atoms with van der Waals surface area (Å²) in [5.74, 6) is 1.14. The van der Waals surface area contributed by atoms with Crippen LogP contribution in [0.1, 0.15) is 31.5 Å². The van der Waals surface area contributed by atoms with E-state index in [-0.39, 0.29) is 0 Å². The molecule has 98 valence electrons. The van der Waals surface area contributed by atoms with Gasteiger partial charge in [0.05, 0.1) is 11.0 Å². The van der Waals surface area contributed by atoms with E-state index in [4.69, 9.17) is 17.3 Å². The quantitative estimate of drug-likeness (QED) is 0.815. The highest BCUT2D eigenvalue weighted by Crippen LogP contribution is 2.20. The number of aromatic nitrogens is 2. The molecule has 0 radical (unpaired) electrons. The summed E-state index contributed by atoms with van der Waals surface area (Å²) in [5, 5.41) is 0.764. The maximum Gasteiger partial charge on any atom is 0.109 e. The van der Waals surface area contributed by atoms with Crippen LogP contribution in [0, 0.1) is 0 Å². The zero-order valence-corrected chi connectivity index (χ0v) is 11.6. The highest BCUT2D eigenvalue weighted by atomic mass is 35.5. The first kappa shape index (κ1) is 13.4. The zero-order chi connectivity index (χ0) is 13.0. The van der Waals surface area contributed by atoms with Gasteiger partial charge in [-0.2, -0.15) is 0 Å². The monoisotopic (exact) mass is 265 g/mol. The second kappa shape index (κ2) is 6.21. The Morgan fingerprint density at radius 1 is 1.22 bits per heavy atom. The summed E-state index contributed by atoms with van der Waals surface area (Å²) in [4.78, 5) is 4.65. The minimum Gasteiger partial charge on any atom is -0.331 e. The van der Waals surface area contributed by atoms with E-state index >= 15 is 0 Å². The van der Waals surface area contributed by atoms with Crippen LogP contribution in [0.3, 0.4) is 0 Å². The molecular weight excluding hydrogens is 246 g/mol.